The van der Waals surface area contributed by atoms with Crippen molar-refractivity contribution in [2.24, 2.45) is 0 Å². The van der Waals surface area contributed by atoms with E-state index in [1.165, 1.54) is 15.3 Å². The molecule has 0 bridgehead atoms. The van der Waals surface area contributed by atoms with Crippen LogP contribution in [0.5, 0.6) is 11.5 Å². The van der Waals surface area contributed by atoms with Gasteiger partial charge in [-0.3, -0.25) is 0 Å². The van der Waals surface area contributed by atoms with E-state index in [2.05, 4.69) is 38.2 Å². The monoisotopic (exact) mass is 305 g/mol. The van der Waals surface area contributed by atoms with Crippen LogP contribution in [0.2, 0.25) is 0 Å². The zero-order valence-electron chi connectivity index (χ0n) is 13.3. The topological polar surface area (TPSA) is 30.5 Å². The summed E-state index contributed by atoms with van der Waals surface area (Å²) in [7, 11) is 3.40. The molecule has 2 rings (SSSR count). The summed E-state index contributed by atoms with van der Waals surface area (Å²) in [4.78, 5) is 2.66. The number of ether oxygens (including phenoxy) is 2. The van der Waals surface area contributed by atoms with E-state index in [1.807, 2.05) is 23.5 Å². The third kappa shape index (κ3) is 3.39. The number of hydrogen-bond donors (Lipinski definition) is 1. The van der Waals surface area contributed by atoms with Crippen molar-refractivity contribution in [1.82, 2.24) is 5.32 Å². The summed E-state index contributed by atoms with van der Waals surface area (Å²) in [5.74, 6) is 1.73. The minimum absolute atomic E-state index is 0.123. The van der Waals surface area contributed by atoms with Crippen LogP contribution in [0.3, 0.4) is 0 Å². The highest BCUT2D eigenvalue weighted by molar-refractivity contribution is 7.12. The zero-order valence-corrected chi connectivity index (χ0v) is 14.1. The van der Waals surface area contributed by atoms with Gasteiger partial charge >= 0.3 is 0 Å². The van der Waals surface area contributed by atoms with Gasteiger partial charge in [0.15, 0.2) is 0 Å². The van der Waals surface area contributed by atoms with Gasteiger partial charge < -0.3 is 14.8 Å². The van der Waals surface area contributed by atoms with Gasteiger partial charge in [-0.2, -0.15) is 0 Å². The molecule has 0 spiro atoms. The zero-order chi connectivity index (χ0) is 15.4. The summed E-state index contributed by atoms with van der Waals surface area (Å²) >= 11 is 1.83. The number of rotatable bonds is 6. The van der Waals surface area contributed by atoms with Crippen molar-refractivity contribution < 1.29 is 9.47 Å². The van der Waals surface area contributed by atoms with E-state index < -0.39 is 0 Å². The lowest BCUT2D eigenvalue weighted by Crippen LogP contribution is -2.21. The molecule has 114 valence electrons. The molecule has 0 aliphatic heterocycles. The van der Waals surface area contributed by atoms with E-state index in [0.29, 0.717) is 0 Å². The molecule has 2 aromatic rings. The van der Waals surface area contributed by atoms with E-state index in [0.717, 1.165) is 23.6 Å². The first-order chi connectivity index (χ1) is 10.1. The van der Waals surface area contributed by atoms with Crippen LogP contribution in [-0.2, 0) is 0 Å². The Morgan fingerprint density at radius 1 is 1.14 bits per heavy atom. The standard InChI is InChI=1S/C17H23NO2S/c1-6-18-17(16-9-11(2)12(3)21-16)14-10-13(19-4)7-8-15(14)20-5/h7-10,17-18H,6H2,1-5H3. The number of hydrogen-bond acceptors (Lipinski definition) is 4. The summed E-state index contributed by atoms with van der Waals surface area (Å²) in [6, 6.07) is 8.32. The molecule has 1 heterocycles. The summed E-state index contributed by atoms with van der Waals surface area (Å²) in [6.07, 6.45) is 0. The molecule has 0 saturated heterocycles. The van der Waals surface area contributed by atoms with Crippen LogP contribution in [0, 0.1) is 13.8 Å². The van der Waals surface area contributed by atoms with Crippen molar-refractivity contribution >= 4 is 11.3 Å². The van der Waals surface area contributed by atoms with E-state index in [4.69, 9.17) is 9.47 Å². The van der Waals surface area contributed by atoms with Crippen molar-refractivity contribution in [1.29, 1.82) is 0 Å². The highest BCUT2D eigenvalue weighted by Crippen LogP contribution is 2.36. The Morgan fingerprint density at radius 3 is 2.43 bits per heavy atom. The molecule has 21 heavy (non-hydrogen) atoms. The van der Waals surface area contributed by atoms with Gasteiger partial charge in [0.2, 0.25) is 0 Å². The van der Waals surface area contributed by atoms with Crippen LogP contribution in [0.25, 0.3) is 0 Å². The van der Waals surface area contributed by atoms with Gasteiger partial charge in [0, 0.05) is 15.3 Å². The largest absolute Gasteiger partial charge is 0.497 e. The van der Waals surface area contributed by atoms with Crippen molar-refractivity contribution in [2.75, 3.05) is 20.8 Å². The van der Waals surface area contributed by atoms with Gasteiger partial charge in [-0.05, 0) is 50.2 Å². The SMILES string of the molecule is CCNC(c1cc(C)c(C)s1)c1cc(OC)ccc1OC. The molecule has 0 radical (unpaired) electrons. The fraction of sp³-hybridized carbons (Fsp3) is 0.412. The minimum Gasteiger partial charge on any atom is -0.497 e. The molecule has 0 aliphatic rings. The maximum absolute atomic E-state index is 5.54. The Hall–Kier alpha value is -1.52. The molecular weight excluding hydrogens is 282 g/mol. The molecule has 1 atom stereocenters. The molecule has 3 nitrogen and oxygen atoms in total. The molecule has 4 heteroatoms. The van der Waals surface area contributed by atoms with Crippen molar-refractivity contribution in [3.05, 3.63) is 45.1 Å². The van der Waals surface area contributed by atoms with Crippen LogP contribution < -0.4 is 14.8 Å². The summed E-state index contributed by atoms with van der Waals surface area (Å²) in [5, 5.41) is 3.56. The van der Waals surface area contributed by atoms with Crippen molar-refractivity contribution in [3.8, 4) is 11.5 Å². The summed E-state index contributed by atoms with van der Waals surface area (Å²) < 4.78 is 10.9. The van der Waals surface area contributed by atoms with Gasteiger partial charge in [-0.25, -0.2) is 0 Å². The predicted molar refractivity (Wildman–Crippen MR) is 88.9 cm³/mol. The van der Waals surface area contributed by atoms with Crippen LogP contribution in [0.15, 0.2) is 24.3 Å². The van der Waals surface area contributed by atoms with Gasteiger partial charge in [-0.15, -0.1) is 11.3 Å². The number of benzene rings is 1. The Balaban J connectivity index is 2.51. The number of thiophene rings is 1. The van der Waals surface area contributed by atoms with Crippen LogP contribution in [0.1, 0.15) is 33.8 Å². The average molecular weight is 305 g/mol. The van der Waals surface area contributed by atoms with E-state index in [9.17, 15) is 0 Å². The lowest BCUT2D eigenvalue weighted by Gasteiger charge is -2.20. The smallest absolute Gasteiger partial charge is 0.124 e. The molecule has 0 fully saturated rings. The number of nitrogens with one attached hydrogen (secondary N) is 1. The summed E-state index contributed by atoms with van der Waals surface area (Å²) in [6.45, 7) is 7.32. The molecule has 1 aromatic carbocycles. The fourth-order valence-electron chi connectivity index (χ4n) is 2.38. The van der Waals surface area contributed by atoms with Gasteiger partial charge in [0.1, 0.15) is 11.5 Å². The van der Waals surface area contributed by atoms with Crippen molar-refractivity contribution in [2.45, 2.75) is 26.8 Å². The van der Waals surface area contributed by atoms with Gasteiger partial charge in [0.05, 0.1) is 20.3 Å². The van der Waals surface area contributed by atoms with Crippen LogP contribution in [0.4, 0.5) is 0 Å². The average Bonchev–Trinajstić information content (AvgIpc) is 2.83. The fourth-order valence-corrected chi connectivity index (χ4v) is 3.51. The third-order valence-electron chi connectivity index (χ3n) is 3.63. The second kappa shape index (κ2) is 6.96. The Kier molecular flexibility index (Phi) is 5.26. The molecule has 1 aromatic heterocycles. The normalized spacial score (nSPS) is 12.2. The minimum atomic E-state index is 0.123. The number of aryl methyl sites for hydroxylation is 2. The molecule has 0 aliphatic carbocycles. The summed E-state index contributed by atoms with van der Waals surface area (Å²) in [5.41, 5.74) is 2.44. The maximum atomic E-state index is 5.54. The first-order valence-electron chi connectivity index (χ1n) is 7.13. The second-order valence-electron chi connectivity index (χ2n) is 4.99. The van der Waals surface area contributed by atoms with E-state index in [-0.39, 0.29) is 6.04 Å². The first kappa shape index (κ1) is 15.9. The second-order valence-corrected chi connectivity index (χ2v) is 6.27. The molecule has 0 saturated carbocycles. The van der Waals surface area contributed by atoms with Gasteiger partial charge in [-0.1, -0.05) is 6.92 Å². The number of methoxy groups -OCH3 is 2. The molecule has 0 amide bonds. The Morgan fingerprint density at radius 2 is 1.90 bits per heavy atom. The van der Waals surface area contributed by atoms with Crippen LogP contribution >= 0.6 is 11.3 Å². The maximum Gasteiger partial charge on any atom is 0.124 e. The lowest BCUT2D eigenvalue weighted by molar-refractivity contribution is 0.394. The highest BCUT2D eigenvalue weighted by atomic mass is 32.1. The quantitative estimate of drug-likeness (QED) is 0.872. The van der Waals surface area contributed by atoms with E-state index >= 15 is 0 Å². The predicted octanol–water partition coefficient (Wildman–Crippen LogP) is 4.08. The lowest BCUT2D eigenvalue weighted by atomic mass is 10.0. The van der Waals surface area contributed by atoms with Crippen molar-refractivity contribution in [3.63, 3.8) is 0 Å². The Bertz CT molecular complexity index is 587. The molecular formula is C17H23NO2S. The first-order valence-corrected chi connectivity index (χ1v) is 7.94. The van der Waals surface area contributed by atoms with Crippen LogP contribution in [-0.4, -0.2) is 20.8 Å². The van der Waals surface area contributed by atoms with E-state index in [1.54, 1.807) is 14.2 Å². The highest BCUT2D eigenvalue weighted by Gasteiger charge is 2.20. The van der Waals surface area contributed by atoms with Gasteiger partial charge in [0.25, 0.3) is 0 Å². The third-order valence-corrected chi connectivity index (χ3v) is 4.84. The molecule has 1 N–H and O–H groups in total. The Labute approximate surface area is 130 Å². The molecule has 1 unspecified atom stereocenters.